The fourth-order valence-corrected chi connectivity index (χ4v) is 4.34. The first-order valence-electron chi connectivity index (χ1n) is 10.4. The maximum atomic E-state index is 9.69. The number of nitriles is 1. The van der Waals surface area contributed by atoms with E-state index in [2.05, 4.69) is 27.5 Å². The van der Waals surface area contributed by atoms with Crippen LogP contribution in [0, 0.1) is 18.3 Å². The summed E-state index contributed by atoms with van der Waals surface area (Å²) in [5.74, 6) is 2.39. The number of fused-ring (bicyclic) bond motifs is 1. The Hall–Kier alpha value is -2.73. The average molecular weight is 440 g/mol. The molecule has 31 heavy (non-hydrogen) atoms. The molecule has 2 aromatic heterocycles. The van der Waals surface area contributed by atoms with Gasteiger partial charge in [-0.1, -0.05) is 12.1 Å². The third-order valence-electron chi connectivity index (χ3n) is 6.00. The molecular weight excluding hydrogens is 414 g/mol. The van der Waals surface area contributed by atoms with Crippen molar-refractivity contribution in [2.24, 2.45) is 0 Å². The fraction of sp³-hybridized carbons (Fsp3) is 0.455. The molecule has 8 nitrogen and oxygen atoms in total. The number of ether oxygens (including phenoxy) is 1. The van der Waals surface area contributed by atoms with Gasteiger partial charge in [0.15, 0.2) is 17.0 Å². The van der Waals surface area contributed by atoms with Gasteiger partial charge in [0.2, 0.25) is 0 Å². The number of aryl methyl sites for hydroxylation is 1. The lowest BCUT2D eigenvalue weighted by atomic mass is 10.1. The molecule has 1 atom stereocenters. The van der Waals surface area contributed by atoms with Crippen LogP contribution in [-0.2, 0) is 4.74 Å². The standard InChI is InChI=1S/C22H25N7O.ClH/c1-15-24-21(28-10-8-27(2)9-11-28)19-22(25-15)29(17-7-12-30-14-17)20(26-19)18-6-4-3-5-16(18)13-23;/h3-6,17H,7-12,14H2,1-2H3;1H. The maximum Gasteiger partial charge on any atom is 0.166 e. The SMILES string of the molecule is Cc1nc(N2CCN(C)CC2)c2nc(-c3ccccc3C#N)n(C3CCOC3)c2n1.Cl. The van der Waals surface area contributed by atoms with E-state index in [1.54, 1.807) is 0 Å². The van der Waals surface area contributed by atoms with Crippen LogP contribution in [0.15, 0.2) is 24.3 Å². The summed E-state index contributed by atoms with van der Waals surface area (Å²) in [5, 5.41) is 9.69. The van der Waals surface area contributed by atoms with Crippen LogP contribution in [0.3, 0.4) is 0 Å². The molecule has 0 saturated carbocycles. The van der Waals surface area contributed by atoms with Crippen molar-refractivity contribution < 1.29 is 4.74 Å². The lowest BCUT2D eigenvalue weighted by molar-refractivity contribution is 0.187. The molecular formula is C22H26ClN7O. The number of aromatic nitrogens is 4. The molecule has 0 bridgehead atoms. The Morgan fingerprint density at radius 3 is 2.58 bits per heavy atom. The molecule has 0 aliphatic carbocycles. The second-order valence-electron chi connectivity index (χ2n) is 8.04. The molecule has 2 saturated heterocycles. The second-order valence-corrected chi connectivity index (χ2v) is 8.04. The van der Waals surface area contributed by atoms with Crippen molar-refractivity contribution in [1.29, 1.82) is 5.26 Å². The zero-order valence-corrected chi connectivity index (χ0v) is 18.6. The van der Waals surface area contributed by atoms with E-state index in [1.807, 2.05) is 31.2 Å². The number of hydrogen-bond donors (Lipinski definition) is 0. The van der Waals surface area contributed by atoms with Crippen LogP contribution in [0.5, 0.6) is 0 Å². The van der Waals surface area contributed by atoms with Gasteiger partial charge >= 0.3 is 0 Å². The van der Waals surface area contributed by atoms with Crippen molar-refractivity contribution in [3.05, 3.63) is 35.7 Å². The van der Waals surface area contributed by atoms with Gasteiger partial charge < -0.3 is 19.1 Å². The predicted molar refractivity (Wildman–Crippen MR) is 122 cm³/mol. The average Bonchev–Trinajstić information content (AvgIpc) is 3.41. The van der Waals surface area contributed by atoms with Crippen molar-refractivity contribution in [3.63, 3.8) is 0 Å². The summed E-state index contributed by atoms with van der Waals surface area (Å²) in [6, 6.07) is 10.1. The van der Waals surface area contributed by atoms with Gasteiger partial charge in [0.05, 0.1) is 24.3 Å². The number of hydrogen-bond acceptors (Lipinski definition) is 7. The third-order valence-corrected chi connectivity index (χ3v) is 6.00. The Morgan fingerprint density at radius 1 is 1.10 bits per heavy atom. The minimum atomic E-state index is 0. The van der Waals surface area contributed by atoms with Crippen molar-refractivity contribution >= 4 is 29.4 Å². The minimum absolute atomic E-state index is 0. The van der Waals surface area contributed by atoms with Crippen LogP contribution < -0.4 is 4.90 Å². The Kier molecular flexibility index (Phi) is 6.10. The van der Waals surface area contributed by atoms with Gasteiger partial charge in [-0.05, 0) is 32.5 Å². The van der Waals surface area contributed by atoms with Gasteiger partial charge in [0.1, 0.15) is 11.6 Å². The summed E-state index contributed by atoms with van der Waals surface area (Å²) < 4.78 is 7.87. The number of benzene rings is 1. The number of piperazine rings is 1. The molecule has 0 N–H and O–H groups in total. The van der Waals surface area contributed by atoms with Crippen LogP contribution in [0.1, 0.15) is 23.9 Å². The van der Waals surface area contributed by atoms with Crippen molar-refractivity contribution in [1.82, 2.24) is 24.4 Å². The van der Waals surface area contributed by atoms with Gasteiger partial charge in [-0.25, -0.2) is 15.0 Å². The number of imidazole rings is 1. The first-order chi connectivity index (χ1) is 14.7. The van der Waals surface area contributed by atoms with Crippen LogP contribution in [0.4, 0.5) is 5.82 Å². The Labute approximate surface area is 187 Å². The van der Waals surface area contributed by atoms with E-state index in [0.717, 1.165) is 73.4 Å². The highest BCUT2D eigenvalue weighted by Crippen LogP contribution is 2.35. The summed E-state index contributed by atoms with van der Waals surface area (Å²) in [5.41, 5.74) is 3.07. The quantitative estimate of drug-likeness (QED) is 0.620. The molecule has 4 heterocycles. The normalized spacial score (nSPS) is 19.4. The summed E-state index contributed by atoms with van der Waals surface area (Å²) in [6.45, 7) is 7.08. The maximum absolute atomic E-state index is 9.69. The zero-order valence-electron chi connectivity index (χ0n) is 17.8. The topological polar surface area (TPSA) is 83.1 Å². The van der Waals surface area contributed by atoms with Gasteiger partial charge in [0.25, 0.3) is 0 Å². The van der Waals surface area contributed by atoms with Crippen LogP contribution >= 0.6 is 12.4 Å². The monoisotopic (exact) mass is 439 g/mol. The molecule has 2 fully saturated rings. The largest absolute Gasteiger partial charge is 0.379 e. The Balaban J connectivity index is 0.00000231. The van der Waals surface area contributed by atoms with Crippen molar-refractivity contribution in [2.45, 2.75) is 19.4 Å². The number of nitrogens with zero attached hydrogens (tertiary/aromatic N) is 7. The number of likely N-dealkylation sites (N-methyl/N-ethyl adjacent to an activating group) is 1. The molecule has 9 heteroatoms. The van der Waals surface area contributed by atoms with E-state index in [9.17, 15) is 5.26 Å². The first kappa shape index (κ1) is 21.5. The molecule has 0 spiro atoms. The van der Waals surface area contributed by atoms with E-state index in [4.69, 9.17) is 19.7 Å². The van der Waals surface area contributed by atoms with Gasteiger partial charge in [0, 0.05) is 38.3 Å². The highest BCUT2D eigenvalue weighted by atomic mass is 35.5. The van der Waals surface area contributed by atoms with Gasteiger partial charge in [-0.3, -0.25) is 0 Å². The second kappa shape index (κ2) is 8.79. The molecule has 162 valence electrons. The highest BCUT2D eigenvalue weighted by molar-refractivity contribution is 5.88. The molecule has 1 aromatic carbocycles. The highest BCUT2D eigenvalue weighted by Gasteiger charge is 2.29. The summed E-state index contributed by atoms with van der Waals surface area (Å²) in [7, 11) is 2.14. The summed E-state index contributed by atoms with van der Waals surface area (Å²) in [4.78, 5) is 19.3. The van der Waals surface area contributed by atoms with Gasteiger partial charge in [-0.2, -0.15) is 5.26 Å². The number of anilines is 1. The molecule has 5 rings (SSSR count). The van der Waals surface area contributed by atoms with E-state index in [0.29, 0.717) is 12.2 Å². The van der Waals surface area contributed by atoms with Gasteiger partial charge in [-0.15, -0.1) is 12.4 Å². The van der Waals surface area contributed by atoms with E-state index in [-0.39, 0.29) is 18.4 Å². The first-order valence-corrected chi connectivity index (χ1v) is 10.4. The molecule has 1 unspecified atom stereocenters. The lowest BCUT2D eigenvalue weighted by Gasteiger charge is -2.33. The van der Waals surface area contributed by atoms with Crippen LogP contribution in [-0.4, -0.2) is 70.9 Å². The predicted octanol–water partition coefficient (Wildman–Crippen LogP) is 2.81. The van der Waals surface area contributed by atoms with E-state index in [1.165, 1.54) is 0 Å². The fourth-order valence-electron chi connectivity index (χ4n) is 4.34. The van der Waals surface area contributed by atoms with E-state index >= 15 is 0 Å². The van der Waals surface area contributed by atoms with Crippen LogP contribution in [0.25, 0.3) is 22.6 Å². The summed E-state index contributed by atoms with van der Waals surface area (Å²) >= 11 is 0. The Morgan fingerprint density at radius 2 is 1.87 bits per heavy atom. The zero-order chi connectivity index (χ0) is 20.7. The molecule has 2 aliphatic rings. The molecule has 3 aromatic rings. The lowest BCUT2D eigenvalue weighted by Crippen LogP contribution is -2.45. The number of rotatable bonds is 3. The number of halogens is 1. The molecule has 0 radical (unpaired) electrons. The smallest absolute Gasteiger partial charge is 0.166 e. The van der Waals surface area contributed by atoms with E-state index < -0.39 is 0 Å². The van der Waals surface area contributed by atoms with Crippen LogP contribution in [0.2, 0.25) is 0 Å². The van der Waals surface area contributed by atoms with Crippen molar-refractivity contribution in [3.8, 4) is 17.5 Å². The van der Waals surface area contributed by atoms with Crippen molar-refractivity contribution in [2.75, 3.05) is 51.3 Å². The third kappa shape index (κ3) is 3.85. The minimum Gasteiger partial charge on any atom is -0.379 e. The summed E-state index contributed by atoms with van der Waals surface area (Å²) in [6.07, 6.45) is 0.903. The molecule has 0 amide bonds. The molecule has 2 aliphatic heterocycles. The Bertz CT molecular complexity index is 1120.